The Morgan fingerprint density at radius 3 is 2.00 bits per heavy atom. The minimum absolute atomic E-state index is 0.162. The number of ketones is 1. The SMILES string of the molecule is CC(C)N(O)C(C)C(=O)c1cc(O)cc(O)c1. The van der Waals surface area contributed by atoms with E-state index in [9.17, 15) is 20.2 Å². The van der Waals surface area contributed by atoms with Crippen molar-refractivity contribution in [3.63, 3.8) is 0 Å². The number of hydroxylamine groups is 2. The molecule has 0 aliphatic rings. The second kappa shape index (κ2) is 5.16. The third-order valence-electron chi connectivity index (χ3n) is 2.49. The number of hydrogen-bond donors (Lipinski definition) is 3. The van der Waals surface area contributed by atoms with Crippen LogP contribution in [0, 0.1) is 0 Å². The summed E-state index contributed by atoms with van der Waals surface area (Å²) in [5.41, 5.74) is 0.162. The number of nitrogens with zero attached hydrogens (tertiary/aromatic N) is 1. The van der Waals surface area contributed by atoms with Gasteiger partial charge in [-0.25, -0.2) is 0 Å². The molecule has 0 aromatic heterocycles. The first-order valence-corrected chi connectivity index (χ1v) is 5.37. The van der Waals surface area contributed by atoms with Crippen LogP contribution in [0.5, 0.6) is 11.5 Å². The lowest BCUT2D eigenvalue weighted by molar-refractivity contribution is -0.134. The number of phenols is 2. The fraction of sp³-hybridized carbons (Fsp3) is 0.417. The molecule has 0 spiro atoms. The maximum atomic E-state index is 12.0. The minimum atomic E-state index is -0.740. The Hall–Kier alpha value is -1.59. The van der Waals surface area contributed by atoms with E-state index >= 15 is 0 Å². The molecule has 0 radical (unpaired) electrons. The molecule has 5 heteroatoms. The van der Waals surface area contributed by atoms with Crippen molar-refractivity contribution in [3.05, 3.63) is 23.8 Å². The van der Waals surface area contributed by atoms with Crippen LogP contribution in [0.3, 0.4) is 0 Å². The number of benzene rings is 1. The molecule has 0 amide bonds. The average molecular weight is 239 g/mol. The maximum absolute atomic E-state index is 12.0. The van der Waals surface area contributed by atoms with Crippen LogP contribution in [0.2, 0.25) is 0 Å². The molecule has 3 N–H and O–H groups in total. The van der Waals surface area contributed by atoms with Crippen molar-refractivity contribution < 1.29 is 20.2 Å². The predicted octanol–water partition coefficient (Wildman–Crippen LogP) is 1.77. The molecule has 5 nitrogen and oxygen atoms in total. The Morgan fingerprint density at radius 1 is 1.12 bits per heavy atom. The molecule has 94 valence electrons. The number of rotatable bonds is 4. The van der Waals surface area contributed by atoms with E-state index in [-0.39, 0.29) is 28.9 Å². The summed E-state index contributed by atoms with van der Waals surface area (Å²) in [6.45, 7) is 5.07. The number of carbonyl (C=O) groups excluding carboxylic acids is 1. The van der Waals surface area contributed by atoms with E-state index in [2.05, 4.69) is 0 Å². The van der Waals surface area contributed by atoms with Crippen molar-refractivity contribution in [2.24, 2.45) is 0 Å². The molecule has 0 aliphatic heterocycles. The summed E-state index contributed by atoms with van der Waals surface area (Å²) >= 11 is 0. The lowest BCUT2D eigenvalue weighted by atomic mass is 10.0. The van der Waals surface area contributed by atoms with Gasteiger partial charge in [-0.05, 0) is 32.9 Å². The van der Waals surface area contributed by atoms with E-state index in [1.165, 1.54) is 12.1 Å². The largest absolute Gasteiger partial charge is 0.508 e. The topological polar surface area (TPSA) is 81.0 Å². The summed E-state index contributed by atoms with van der Waals surface area (Å²) in [6, 6.07) is 2.72. The molecule has 0 bridgehead atoms. The first-order valence-electron chi connectivity index (χ1n) is 5.37. The Bertz CT molecular complexity index is 397. The molecule has 0 saturated heterocycles. The first-order chi connectivity index (χ1) is 7.82. The zero-order valence-electron chi connectivity index (χ0n) is 10.1. The molecule has 1 unspecified atom stereocenters. The van der Waals surface area contributed by atoms with Crippen LogP contribution in [0.15, 0.2) is 18.2 Å². The molecule has 1 aromatic carbocycles. The van der Waals surface area contributed by atoms with Crippen molar-refractivity contribution in [2.45, 2.75) is 32.9 Å². The summed E-state index contributed by atoms with van der Waals surface area (Å²) < 4.78 is 0. The van der Waals surface area contributed by atoms with Crippen LogP contribution in [0.25, 0.3) is 0 Å². The fourth-order valence-corrected chi connectivity index (χ4v) is 1.55. The van der Waals surface area contributed by atoms with Gasteiger partial charge in [0, 0.05) is 17.7 Å². The lowest BCUT2D eigenvalue weighted by Crippen LogP contribution is -2.40. The molecule has 0 saturated carbocycles. The van der Waals surface area contributed by atoms with Gasteiger partial charge >= 0.3 is 0 Å². The second-order valence-corrected chi connectivity index (χ2v) is 4.25. The zero-order valence-corrected chi connectivity index (χ0v) is 10.1. The normalized spacial score (nSPS) is 13.1. The van der Waals surface area contributed by atoms with Gasteiger partial charge in [0.25, 0.3) is 0 Å². The van der Waals surface area contributed by atoms with Crippen LogP contribution in [0.4, 0.5) is 0 Å². The Morgan fingerprint density at radius 2 is 1.59 bits per heavy atom. The summed E-state index contributed by atoms with van der Waals surface area (Å²) in [7, 11) is 0. The predicted molar refractivity (Wildman–Crippen MR) is 62.3 cm³/mol. The Kier molecular flexibility index (Phi) is 4.09. The van der Waals surface area contributed by atoms with Crippen molar-refractivity contribution >= 4 is 5.78 Å². The van der Waals surface area contributed by atoms with Crippen LogP contribution < -0.4 is 0 Å². The van der Waals surface area contributed by atoms with Crippen LogP contribution in [-0.2, 0) is 0 Å². The van der Waals surface area contributed by atoms with E-state index in [4.69, 9.17) is 0 Å². The Balaban J connectivity index is 2.96. The first kappa shape index (κ1) is 13.5. The number of Topliss-reactive ketones (excluding diaryl/α,β-unsaturated/α-hetero) is 1. The quantitative estimate of drug-likeness (QED) is 0.551. The number of carbonyl (C=O) groups is 1. The lowest BCUT2D eigenvalue weighted by Gasteiger charge is -2.25. The number of hydrogen-bond acceptors (Lipinski definition) is 5. The smallest absolute Gasteiger partial charge is 0.182 e. The molecule has 0 aliphatic carbocycles. The second-order valence-electron chi connectivity index (χ2n) is 4.25. The molecular weight excluding hydrogens is 222 g/mol. The summed E-state index contributed by atoms with van der Waals surface area (Å²) in [5.74, 6) is -0.739. The molecular formula is C12H17NO4. The van der Waals surface area contributed by atoms with E-state index in [0.717, 1.165) is 11.1 Å². The monoisotopic (exact) mass is 239 g/mol. The van der Waals surface area contributed by atoms with E-state index in [1.54, 1.807) is 20.8 Å². The fourth-order valence-electron chi connectivity index (χ4n) is 1.55. The van der Waals surface area contributed by atoms with Gasteiger partial charge in [-0.15, -0.1) is 0 Å². The standard InChI is InChI=1S/C12H17NO4/c1-7(2)13(17)8(3)12(16)9-4-10(14)6-11(15)5-9/h4-8,14-15,17H,1-3H3. The van der Waals surface area contributed by atoms with E-state index < -0.39 is 6.04 Å². The summed E-state index contributed by atoms with van der Waals surface area (Å²) in [5, 5.41) is 29.2. The molecule has 1 atom stereocenters. The third kappa shape index (κ3) is 3.18. The van der Waals surface area contributed by atoms with Crippen molar-refractivity contribution in [1.82, 2.24) is 5.06 Å². The van der Waals surface area contributed by atoms with Crippen molar-refractivity contribution in [2.75, 3.05) is 0 Å². The summed E-state index contributed by atoms with van der Waals surface area (Å²) in [6.07, 6.45) is 0. The molecule has 1 rings (SSSR count). The molecule has 0 fully saturated rings. The van der Waals surface area contributed by atoms with Crippen molar-refractivity contribution in [1.29, 1.82) is 0 Å². The summed E-state index contributed by atoms with van der Waals surface area (Å²) in [4.78, 5) is 12.0. The van der Waals surface area contributed by atoms with Gasteiger partial charge in [0.2, 0.25) is 0 Å². The van der Waals surface area contributed by atoms with E-state index in [0.29, 0.717) is 0 Å². The van der Waals surface area contributed by atoms with Gasteiger partial charge < -0.3 is 15.4 Å². The van der Waals surface area contributed by atoms with Gasteiger partial charge in [-0.3, -0.25) is 4.79 Å². The zero-order chi connectivity index (χ0) is 13.2. The molecule has 1 aromatic rings. The Labute approximate surface area is 99.9 Å². The van der Waals surface area contributed by atoms with E-state index in [1.807, 2.05) is 0 Å². The van der Waals surface area contributed by atoms with Gasteiger partial charge in [0.1, 0.15) is 11.5 Å². The van der Waals surface area contributed by atoms with Gasteiger partial charge in [-0.2, -0.15) is 5.06 Å². The van der Waals surface area contributed by atoms with Gasteiger partial charge in [0.05, 0.1) is 6.04 Å². The van der Waals surface area contributed by atoms with Crippen LogP contribution in [-0.4, -0.2) is 38.4 Å². The number of aromatic hydroxyl groups is 2. The van der Waals surface area contributed by atoms with Crippen molar-refractivity contribution in [3.8, 4) is 11.5 Å². The highest BCUT2D eigenvalue weighted by molar-refractivity contribution is 6.00. The van der Waals surface area contributed by atoms with Gasteiger partial charge in [-0.1, -0.05) is 0 Å². The highest BCUT2D eigenvalue weighted by Gasteiger charge is 2.23. The van der Waals surface area contributed by atoms with Gasteiger partial charge in [0.15, 0.2) is 5.78 Å². The van der Waals surface area contributed by atoms with Crippen LogP contribution >= 0.6 is 0 Å². The molecule has 0 heterocycles. The number of phenolic OH excluding ortho intramolecular Hbond substituents is 2. The highest BCUT2D eigenvalue weighted by Crippen LogP contribution is 2.22. The molecule has 17 heavy (non-hydrogen) atoms. The van der Waals surface area contributed by atoms with Crippen LogP contribution in [0.1, 0.15) is 31.1 Å². The maximum Gasteiger partial charge on any atom is 0.182 e. The highest BCUT2D eigenvalue weighted by atomic mass is 16.5. The average Bonchev–Trinajstić information content (AvgIpc) is 2.24. The third-order valence-corrected chi connectivity index (χ3v) is 2.49. The minimum Gasteiger partial charge on any atom is -0.508 e.